The fourth-order valence-electron chi connectivity index (χ4n) is 1.48. The highest BCUT2D eigenvalue weighted by molar-refractivity contribution is 9.10. The van der Waals surface area contributed by atoms with Gasteiger partial charge in [0.2, 0.25) is 0 Å². The lowest BCUT2D eigenvalue weighted by Gasteiger charge is -2.14. The van der Waals surface area contributed by atoms with Crippen LogP contribution in [0, 0.1) is 0 Å². The zero-order valence-corrected chi connectivity index (χ0v) is 11.0. The maximum Gasteiger partial charge on any atom is 0.120 e. The minimum absolute atomic E-state index is 0.230. The van der Waals surface area contributed by atoms with Gasteiger partial charge in [-0.3, -0.25) is 0 Å². The van der Waals surface area contributed by atoms with Gasteiger partial charge < -0.3 is 15.5 Å². The molecule has 1 aromatic carbocycles. The van der Waals surface area contributed by atoms with E-state index >= 15 is 0 Å². The van der Waals surface area contributed by atoms with Gasteiger partial charge in [-0.1, -0.05) is 15.9 Å². The Bertz CT molecular complexity index is 331. The minimum atomic E-state index is 0.230. The van der Waals surface area contributed by atoms with E-state index < -0.39 is 0 Å². The number of halogens is 1. The zero-order valence-electron chi connectivity index (χ0n) is 9.41. The van der Waals surface area contributed by atoms with E-state index in [0.717, 1.165) is 22.9 Å². The molecule has 90 valence electrons. The predicted molar refractivity (Wildman–Crippen MR) is 68.4 cm³/mol. The first-order valence-electron chi connectivity index (χ1n) is 5.45. The number of hydrogen-bond donors (Lipinski definition) is 3. The van der Waals surface area contributed by atoms with Crippen molar-refractivity contribution in [2.75, 3.05) is 6.61 Å². The Morgan fingerprint density at radius 2 is 2.19 bits per heavy atom. The lowest BCUT2D eigenvalue weighted by atomic mass is 10.1. The van der Waals surface area contributed by atoms with Crippen LogP contribution in [0.5, 0.6) is 5.75 Å². The van der Waals surface area contributed by atoms with E-state index in [2.05, 4.69) is 28.2 Å². The van der Waals surface area contributed by atoms with Gasteiger partial charge in [-0.2, -0.15) is 0 Å². The van der Waals surface area contributed by atoms with Gasteiger partial charge in [0.1, 0.15) is 5.75 Å². The number of nitrogens with one attached hydrogen (secondary N) is 1. The normalized spacial score (nSPS) is 12.7. The number of benzene rings is 1. The second kappa shape index (κ2) is 6.89. The molecular weight excluding hydrogens is 270 g/mol. The zero-order chi connectivity index (χ0) is 12.0. The average molecular weight is 288 g/mol. The number of aliphatic hydroxyl groups excluding tert-OH is 1. The topological polar surface area (TPSA) is 52.5 Å². The van der Waals surface area contributed by atoms with Gasteiger partial charge in [0.05, 0.1) is 0 Å². The maximum atomic E-state index is 9.62. The highest BCUT2D eigenvalue weighted by atomic mass is 79.9. The first-order chi connectivity index (χ1) is 7.63. The molecule has 0 heterocycles. The van der Waals surface area contributed by atoms with Crippen LogP contribution in [0.4, 0.5) is 0 Å². The SMILES string of the molecule is CC(CCCO)NCc1cc(Br)ccc1O. The Hall–Kier alpha value is -0.580. The monoisotopic (exact) mass is 287 g/mol. The lowest BCUT2D eigenvalue weighted by Crippen LogP contribution is -2.25. The van der Waals surface area contributed by atoms with Crippen molar-refractivity contribution in [3.8, 4) is 5.75 Å². The van der Waals surface area contributed by atoms with Crippen molar-refractivity contribution >= 4 is 15.9 Å². The molecule has 1 unspecified atom stereocenters. The standard InChI is InChI=1S/C12H18BrNO2/c1-9(3-2-6-15)14-8-10-7-11(13)4-5-12(10)16/h4-5,7,9,14-16H,2-3,6,8H2,1H3. The first kappa shape index (κ1) is 13.5. The molecule has 4 heteroatoms. The number of rotatable bonds is 6. The molecule has 0 bridgehead atoms. The van der Waals surface area contributed by atoms with Crippen LogP contribution in [0.3, 0.4) is 0 Å². The lowest BCUT2D eigenvalue weighted by molar-refractivity contribution is 0.276. The van der Waals surface area contributed by atoms with Crippen LogP contribution in [-0.4, -0.2) is 22.9 Å². The quantitative estimate of drug-likeness (QED) is 0.753. The summed E-state index contributed by atoms with van der Waals surface area (Å²) < 4.78 is 0.963. The molecule has 3 N–H and O–H groups in total. The molecule has 16 heavy (non-hydrogen) atoms. The van der Waals surface area contributed by atoms with Crippen molar-refractivity contribution in [2.45, 2.75) is 32.4 Å². The summed E-state index contributed by atoms with van der Waals surface area (Å²) in [6.07, 6.45) is 1.74. The molecule has 0 aliphatic heterocycles. The van der Waals surface area contributed by atoms with Gasteiger partial charge in [0.25, 0.3) is 0 Å². The van der Waals surface area contributed by atoms with E-state index in [1.54, 1.807) is 6.07 Å². The predicted octanol–water partition coefficient (Wildman–Crippen LogP) is 2.41. The highest BCUT2D eigenvalue weighted by Gasteiger charge is 2.04. The van der Waals surface area contributed by atoms with Gasteiger partial charge in [-0.15, -0.1) is 0 Å². The van der Waals surface area contributed by atoms with Crippen LogP contribution in [0.25, 0.3) is 0 Å². The second-order valence-corrected chi connectivity index (χ2v) is 4.84. The van der Waals surface area contributed by atoms with Crippen LogP contribution in [0.1, 0.15) is 25.3 Å². The van der Waals surface area contributed by atoms with E-state index in [4.69, 9.17) is 5.11 Å². The molecule has 0 aliphatic rings. The molecule has 3 nitrogen and oxygen atoms in total. The molecule has 0 spiro atoms. The van der Waals surface area contributed by atoms with E-state index in [1.165, 1.54) is 0 Å². The van der Waals surface area contributed by atoms with Gasteiger partial charge in [-0.25, -0.2) is 0 Å². The molecule has 0 aliphatic carbocycles. The van der Waals surface area contributed by atoms with Crippen molar-refractivity contribution in [2.24, 2.45) is 0 Å². The van der Waals surface area contributed by atoms with Gasteiger partial charge in [0.15, 0.2) is 0 Å². The van der Waals surface area contributed by atoms with E-state index in [-0.39, 0.29) is 6.61 Å². The van der Waals surface area contributed by atoms with Crippen LogP contribution in [0.15, 0.2) is 22.7 Å². The van der Waals surface area contributed by atoms with Crippen molar-refractivity contribution in [3.05, 3.63) is 28.2 Å². The molecule has 1 rings (SSSR count). The van der Waals surface area contributed by atoms with Crippen molar-refractivity contribution in [3.63, 3.8) is 0 Å². The molecular formula is C12H18BrNO2. The summed E-state index contributed by atoms with van der Waals surface area (Å²) in [6, 6.07) is 5.74. The Balaban J connectivity index is 2.44. The average Bonchev–Trinajstić information content (AvgIpc) is 2.27. The Kier molecular flexibility index (Phi) is 5.80. The van der Waals surface area contributed by atoms with Crippen molar-refractivity contribution in [1.82, 2.24) is 5.32 Å². The summed E-state index contributed by atoms with van der Waals surface area (Å²) >= 11 is 3.37. The Morgan fingerprint density at radius 3 is 2.88 bits per heavy atom. The molecule has 0 radical (unpaired) electrons. The Morgan fingerprint density at radius 1 is 1.44 bits per heavy atom. The van der Waals surface area contributed by atoms with Gasteiger partial charge >= 0.3 is 0 Å². The van der Waals surface area contributed by atoms with Gasteiger partial charge in [0, 0.05) is 29.2 Å². The largest absolute Gasteiger partial charge is 0.508 e. The fourth-order valence-corrected chi connectivity index (χ4v) is 1.89. The smallest absolute Gasteiger partial charge is 0.120 e. The number of phenolic OH excluding ortho intramolecular Hbond substituents is 1. The third-order valence-corrected chi connectivity index (χ3v) is 2.97. The fraction of sp³-hybridized carbons (Fsp3) is 0.500. The summed E-state index contributed by atoms with van der Waals surface area (Å²) in [5, 5.41) is 21.6. The van der Waals surface area contributed by atoms with E-state index in [0.29, 0.717) is 18.3 Å². The summed E-state index contributed by atoms with van der Waals surface area (Å²) in [6.45, 7) is 2.94. The van der Waals surface area contributed by atoms with Crippen LogP contribution >= 0.6 is 15.9 Å². The molecule has 0 fully saturated rings. The molecule has 1 atom stereocenters. The number of phenols is 1. The van der Waals surface area contributed by atoms with Crippen molar-refractivity contribution < 1.29 is 10.2 Å². The second-order valence-electron chi connectivity index (χ2n) is 3.92. The first-order valence-corrected chi connectivity index (χ1v) is 6.24. The molecule has 0 saturated heterocycles. The third-order valence-electron chi connectivity index (χ3n) is 2.48. The summed E-state index contributed by atoms with van der Waals surface area (Å²) in [5.74, 6) is 0.310. The van der Waals surface area contributed by atoms with Crippen LogP contribution in [-0.2, 0) is 6.54 Å². The summed E-state index contributed by atoms with van der Waals surface area (Å²) in [7, 11) is 0. The molecule has 0 saturated carbocycles. The van der Waals surface area contributed by atoms with Crippen LogP contribution in [0.2, 0.25) is 0 Å². The summed E-state index contributed by atoms with van der Waals surface area (Å²) in [4.78, 5) is 0. The van der Waals surface area contributed by atoms with Gasteiger partial charge in [-0.05, 0) is 38.0 Å². The molecule has 0 aromatic heterocycles. The number of aliphatic hydroxyl groups is 1. The number of hydrogen-bond acceptors (Lipinski definition) is 3. The molecule has 1 aromatic rings. The van der Waals surface area contributed by atoms with Crippen LogP contribution < -0.4 is 5.32 Å². The van der Waals surface area contributed by atoms with E-state index in [1.807, 2.05) is 12.1 Å². The Labute approximate surface area is 105 Å². The molecule has 0 amide bonds. The highest BCUT2D eigenvalue weighted by Crippen LogP contribution is 2.21. The summed E-state index contributed by atoms with van der Waals surface area (Å²) in [5.41, 5.74) is 0.880. The van der Waals surface area contributed by atoms with Crippen molar-refractivity contribution in [1.29, 1.82) is 0 Å². The third kappa shape index (κ3) is 4.51. The minimum Gasteiger partial charge on any atom is -0.508 e. The number of aromatic hydroxyl groups is 1. The maximum absolute atomic E-state index is 9.62. The van der Waals surface area contributed by atoms with E-state index in [9.17, 15) is 5.11 Å².